The van der Waals surface area contributed by atoms with E-state index < -0.39 is 0 Å². The Morgan fingerprint density at radius 3 is 2.59 bits per heavy atom. The van der Waals surface area contributed by atoms with E-state index >= 15 is 0 Å². The normalized spacial score (nSPS) is 20.7. The molecule has 0 aliphatic heterocycles. The second kappa shape index (κ2) is 11.4. The molecule has 2 aliphatic rings. The Morgan fingerprint density at radius 1 is 1.06 bits per heavy atom. The summed E-state index contributed by atoms with van der Waals surface area (Å²) in [4.78, 5) is 25.2. The lowest BCUT2D eigenvalue weighted by molar-refractivity contribution is -0.111. The van der Waals surface area contributed by atoms with Gasteiger partial charge < -0.3 is 20.7 Å². The third kappa shape index (κ3) is 6.48. The highest BCUT2D eigenvalue weighted by Gasteiger charge is 2.23. The number of aromatic nitrogens is 3. The summed E-state index contributed by atoms with van der Waals surface area (Å²) in [7, 11) is 0. The van der Waals surface area contributed by atoms with Crippen molar-refractivity contribution in [3.05, 3.63) is 30.1 Å². The average molecular weight is 437 g/mol. The van der Waals surface area contributed by atoms with Gasteiger partial charge in [0.2, 0.25) is 5.95 Å². The fraction of sp³-hybridized carbons (Fsp3) is 0.600. The number of nitrogens with one attached hydrogen (secondary N) is 3. The van der Waals surface area contributed by atoms with Crippen molar-refractivity contribution in [1.82, 2.24) is 20.3 Å². The lowest BCUT2D eigenvalue weighted by Crippen LogP contribution is -2.27. The van der Waals surface area contributed by atoms with Gasteiger partial charge in [-0.1, -0.05) is 19.4 Å². The van der Waals surface area contributed by atoms with Crippen molar-refractivity contribution in [1.29, 1.82) is 0 Å². The van der Waals surface area contributed by atoms with Crippen LogP contribution in [0.15, 0.2) is 24.5 Å². The van der Waals surface area contributed by atoms with Crippen LogP contribution in [-0.4, -0.2) is 40.4 Å². The summed E-state index contributed by atoms with van der Waals surface area (Å²) in [6, 6.07) is 4.51. The van der Waals surface area contributed by atoms with E-state index in [1.165, 1.54) is 18.4 Å². The molecule has 0 atom stereocenters. The molecule has 172 valence electrons. The van der Waals surface area contributed by atoms with Gasteiger partial charge in [-0.15, -0.1) is 0 Å². The molecule has 7 heteroatoms. The number of rotatable bonds is 12. The molecule has 0 aromatic carbocycles. The second-order valence-electron chi connectivity index (χ2n) is 9.25. The minimum Gasteiger partial charge on any atom is -0.367 e. The first-order valence-electron chi connectivity index (χ1n) is 12.2. The summed E-state index contributed by atoms with van der Waals surface area (Å²) in [5.74, 6) is 2.54. The summed E-state index contributed by atoms with van der Waals surface area (Å²) in [6.07, 6.45) is 13.7. The Balaban J connectivity index is 1.46. The van der Waals surface area contributed by atoms with Gasteiger partial charge in [-0.2, -0.15) is 4.98 Å². The molecule has 2 aromatic heterocycles. The highest BCUT2D eigenvalue weighted by atomic mass is 16.1. The zero-order valence-corrected chi connectivity index (χ0v) is 19.1. The van der Waals surface area contributed by atoms with E-state index in [9.17, 15) is 4.79 Å². The first-order valence-corrected chi connectivity index (χ1v) is 12.2. The molecule has 2 fully saturated rings. The van der Waals surface area contributed by atoms with Crippen molar-refractivity contribution in [2.24, 2.45) is 11.8 Å². The largest absolute Gasteiger partial charge is 0.367 e. The lowest BCUT2D eigenvalue weighted by atomic mass is 9.87. The van der Waals surface area contributed by atoms with Crippen LogP contribution in [0.4, 0.5) is 11.8 Å². The second-order valence-corrected chi connectivity index (χ2v) is 9.25. The Kier molecular flexibility index (Phi) is 8.04. The highest BCUT2D eigenvalue weighted by Crippen LogP contribution is 2.30. The molecule has 0 bridgehead atoms. The molecule has 4 rings (SSSR count). The van der Waals surface area contributed by atoms with Crippen LogP contribution in [0.2, 0.25) is 0 Å². The number of aldehydes is 1. The van der Waals surface area contributed by atoms with Gasteiger partial charge in [-0.3, -0.25) is 4.98 Å². The molecule has 0 radical (unpaired) electrons. The first-order chi connectivity index (χ1) is 15.7. The number of hydrogen-bond acceptors (Lipinski definition) is 7. The fourth-order valence-corrected chi connectivity index (χ4v) is 4.17. The number of anilines is 2. The van der Waals surface area contributed by atoms with E-state index in [2.05, 4.69) is 40.0 Å². The Labute approximate surface area is 191 Å². The van der Waals surface area contributed by atoms with Crippen molar-refractivity contribution in [2.45, 2.75) is 70.9 Å². The molecule has 32 heavy (non-hydrogen) atoms. The summed E-state index contributed by atoms with van der Waals surface area (Å²) in [6.45, 7) is 4.99. The molecule has 2 heterocycles. The van der Waals surface area contributed by atoms with Crippen molar-refractivity contribution in [3.8, 4) is 11.3 Å². The minimum absolute atomic E-state index is 0.201. The molecule has 2 aliphatic carbocycles. The predicted octanol–water partition coefficient (Wildman–Crippen LogP) is 4.42. The van der Waals surface area contributed by atoms with Crippen molar-refractivity contribution < 1.29 is 4.79 Å². The number of unbranched alkanes of at least 4 members (excludes halogenated alkanes) is 1. The summed E-state index contributed by atoms with van der Waals surface area (Å²) in [5.41, 5.74) is 2.98. The molecule has 7 nitrogen and oxygen atoms in total. The Bertz CT molecular complexity index is 859. The third-order valence-corrected chi connectivity index (χ3v) is 6.47. The van der Waals surface area contributed by atoms with Gasteiger partial charge in [0.05, 0.1) is 11.3 Å². The van der Waals surface area contributed by atoms with Crippen LogP contribution >= 0.6 is 0 Å². The molecule has 0 unspecified atom stereocenters. The minimum atomic E-state index is 0.201. The highest BCUT2D eigenvalue weighted by molar-refractivity contribution is 5.73. The van der Waals surface area contributed by atoms with E-state index in [-0.39, 0.29) is 5.92 Å². The van der Waals surface area contributed by atoms with Crippen molar-refractivity contribution in [2.75, 3.05) is 23.7 Å². The van der Waals surface area contributed by atoms with Crippen LogP contribution in [-0.2, 0) is 11.3 Å². The molecule has 0 saturated heterocycles. The molecular formula is C25H36N6O. The molecule has 0 spiro atoms. The maximum absolute atomic E-state index is 11.1. The number of carbonyl (C=O) groups excluding carboxylic acids is 1. The Morgan fingerprint density at radius 2 is 1.91 bits per heavy atom. The summed E-state index contributed by atoms with van der Waals surface area (Å²) in [5, 5.41) is 10.5. The van der Waals surface area contributed by atoms with Gasteiger partial charge in [-0.05, 0) is 69.0 Å². The summed E-state index contributed by atoms with van der Waals surface area (Å²) < 4.78 is 0. The van der Waals surface area contributed by atoms with Crippen molar-refractivity contribution in [3.63, 3.8) is 0 Å². The van der Waals surface area contributed by atoms with Gasteiger partial charge in [0.15, 0.2) is 0 Å². The molecular weight excluding hydrogens is 400 g/mol. The van der Waals surface area contributed by atoms with Gasteiger partial charge in [-0.25, -0.2) is 4.98 Å². The van der Waals surface area contributed by atoms with Gasteiger partial charge >= 0.3 is 0 Å². The topological polar surface area (TPSA) is 91.8 Å². The average Bonchev–Trinajstić information content (AvgIpc) is 3.65. The monoisotopic (exact) mass is 436 g/mol. The zero-order chi connectivity index (χ0) is 22.2. The first kappa shape index (κ1) is 22.6. The van der Waals surface area contributed by atoms with E-state index in [4.69, 9.17) is 9.97 Å². The van der Waals surface area contributed by atoms with Crippen molar-refractivity contribution >= 4 is 18.1 Å². The third-order valence-electron chi connectivity index (χ3n) is 6.47. The van der Waals surface area contributed by atoms with Gasteiger partial charge in [0.25, 0.3) is 0 Å². The SMILES string of the molecule is CCCCNc1ncc(-c2ccc(CNCC3CC3)cn2)c(NC2CCC(C=O)CC2)n1. The zero-order valence-electron chi connectivity index (χ0n) is 19.1. The van der Waals surface area contributed by atoms with Crippen LogP contribution in [0, 0.1) is 11.8 Å². The Hall–Kier alpha value is -2.54. The van der Waals surface area contributed by atoms with E-state index in [1.54, 1.807) is 0 Å². The van der Waals surface area contributed by atoms with Crippen LogP contribution in [0.3, 0.4) is 0 Å². The predicted molar refractivity (Wildman–Crippen MR) is 129 cm³/mol. The van der Waals surface area contributed by atoms with E-state index in [0.717, 1.165) is 87.4 Å². The standard InChI is InChI=1S/C25H36N6O/c1-2-3-12-27-25-29-16-22(24(31-25)30-21-9-6-19(17-32)7-10-21)23-11-8-20(15-28-23)14-26-13-18-4-5-18/h8,11,15-19,21,26H,2-7,9-10,12-14H2,1H3,(H2,27,29,30,31). The lowest BCUT2D eigenvalue weighted by Gasteiger charge is -2.27. The molecule has 2 saturated carbocycles. The summed E-state index contributed by atoms with van der Waals surface area (Å²) >= 11 is 0. The molecule has 2 aromatic rings. The maximum atomic E-state index is 11.1. The van der Waals surface area contributed by atoms with Gasteiger partial charge in [0.1, 0.15) is 12.1 Å². The number of pyridine rings is 1. The number of nitrogens with zero attached hydrogens (tertiary/aromatic N) is 3. The van der Waals surface area contributed by atoms with Gasteiger partial charge in [0, 0.05) is 37.4 Å². The number of carbonyl (C=O) groups is 1. The van der Waals surface area contributed by atoms with Crippen LogP contribution in [0.5, 0.6) is 0 Å². The fourth-order valence-electron chi connectivity index (χ4n) is 4.17. The number of hydrogen-bond donors (Lipinski definition) is 3. The van der Waals surface area contributed by atoms with E-state index in [0.29, 0.717) is 12.0 Å². The maximum Gasteiger partial charge on any atom is 0.224 e. The van der Waals surface area contributed by atoms with E-state index in [1.807, 2.05) is 12.4 Å². The van der Waals surface area contributed by atoms with Crippen LogP contribution in [0.25, 0.3) is 11.3 Å². The molecule has 0 amide bonds. The smallest absolute Gasteiger partial charge is 0.224 e. The van der Waals surface area contributed by atoms with Crippen LogP contribution in [0.1, 0.15) is 63.9 Å². The van der Waals surface area contributed by atoms with Crippen LogP contribution < -0.4 is 16.0 Å². The molecule has 3 N–H and O–H groups in total. The quantitative estimate of drug-likeness (QED) is 0.335.